The number of nitrogens with zero attached hydrogens (tertiary/aromatic N) is 1. The van der Waals surface area contributed by atoms with Gasteiger partial charge in [0.25, 0.3) is 5.91 Å². The number of nitrogens with two attached hydrogens (primary N) is 1. The molecule has 106 valence electrons. The average Bonchev–Trinajstić information content (AvgIpc) is 2.97. The zero-order valence-electron chi connectivity index (χ0n) is 11.1. The van der Waals surface area contributed by atoms with E-state index in [1.54, 1.807) is 41.5 Å². The molecule has 4 nitrogen and oxygen atoms in total. The van der Waals surface area contributed by atoms with Crippen LogP contribution in [0.1, 0.15) is 15.2 Å². The Morgan fingerprint density at radius 1 is 1.45 bits per heavy atom. The molecule has 1 amide bonds. The van der Waals surface area contributed by atoms with E-state index in [-0.39, 0.29) is 5.91 Å². The number of nitrogen functional groups attached to an aromatic ring is 1. The van der Waals surface area contributed by atoms with Crippen LogP contribution in [-0.4, -0.2) is 24.4 Å². The van der Waals surface area contributed by atoms with Gasteiger partial charge in [0.2, 0.25) is 0 Å². The number of thiophene rings is 1. The molecule has 0 unspecified atom stereocenters. The summed E-state index contributed by atoms with van der Waals surface area (Å²) in [6, 6.07) is 9.09. The predicted octanol–water partition coefficient (Wildman–Crippen LogP) is 3.00. The van der Waals surface area contributed by atoms with E-state index in [0.29, 0.717) is 22.8 Å². The lowest BCUT2D eigenvalue weighted by Gasteiger charge is -2.18. The smallest absolute Gasteiger partial charge is 0.255 e. The van der Waals surface area contributed by atoms with E-state index in [1.807, 2.05) is 11.4 Å². The van der Waals surface area contributed by atoms with E-state index < -0.39 is 0 Å². The normalized spacial score (nSPS) is 10.3. The van der Waals surface area contributed by atoms with Gasteiger partial charge in [0.15, 0.2) is 0 Å². The van der Waals surface area contributed by atoms with Gasteiger partial charge in [0.1, 0.15) is 0 Å². The van der Waals surface area contributed by atoms with Crippen LogP contribution >= 0.6 is 22.9 Å². The number of halogens is 1. The summed E-state index contributed by atoms with van der Waals surface area (Å²) in [6.45, 7) is 0.649. The zero-order valence-corrected chi connectivity index (χ0v) is 12.7. The number of benzene rings is 1. The van der Waals surface area contributed by atoms with Crippen LogP contribution in [-0.2, 0) is 6.42 Å². The van der Waals surface area contributed by atoms with E-state index in [1.165, 1.54) is 4.88 Å². The summed E-state index contributed by atoms with van der Waals surface area (Å²) in [5.74, 6) is 5.33. The van der Waals surface area contributed by atoms with Gasteiger partial charge in [-0.05, 0) is 36.1 Å². The Morgan fingerprint density at radius 2 is 2.25 bits per heavy atom. The van der Waals surface area contributed by atoms with Gasteiger partial charge in [-0.3, -0.25) is 10.6 Å². The molecule has 0 aliphatic carbocycles. The Morgan fingerprint density at radius 3 is 2.90 bits per heavy atom. The predicted molar refractivity (Wildman–Crippen MR) is 84.2 cm³/mol. The molecule has 0 atom stereocenters. The number of hydrazine groups is 1. The molecule has 0 saturated heterocycles. The summed E-state index contributed by atoms with van der Waals surface area (Å²) in [4.78, 5) is 15.3. The van der Waals surface area contributed by atoms with Gasteiger partial charge in [-0.25, -0.2) is 0 Å². The topological polar surface area (TPSA) is 58.4 Å². The molecular weight excluding hydrogens is 294 g/mol. The zero-order chi connectivity index (χ0) is 14.5. The minimum atomic E-state index is -0.1000. The number of rotatable bonds is 5. The van der Waals surface area contributed by atoms with Crippen LogP contribution in [0.3, 0.4) is 0 Å². The van der Waals surface area contributed by atoms with Gasteiger partial charge in [0, 0.05) is 23.5 Å². The first-order valence-electron chi connectivity index (χ1n) is 6.16. The van der Waals surface area contributed by atoms with E-state index in [2.05, 4.69) is 11.5 Å². The number of amides is 1. The van der Waals surface area contributed by atoms with Crippen LogP contribution in [0, 0.1) is 0 Å². The second-order valence-corrected chi connectivity index (χ2v) is 5.86. The second kappa shape index (κ2) is 6.74. The Kier molecular flexibility index (Phi) is 5.00. The minimum absolute atomic E-state index is 0.1000. The summed E-state index contributed by atoms with van der Waals surface area (Å²) >= 11 is 7.63. The van der Waals surface area contributed by atoms with Crippen LogP contribution in [0.5, 0.6) is 0 Å². The Balaban J connectivity index is 2.08. The maximum Gasteiger partial charge on any atom is 0.255 e. The third kappa shape index (κ3) is 3.50. The largest absolute Gasteiger partial charge is 0.341 e. The van der Waals surface area contributed by atoms with Crippen LogP contribution in [0.25, 0.3) is 0 Å². The molecule has 2 rings (SSSR count). The number of anilines is 1. The number of hydrogen-bond acceptors (Lipinski definition) is 4. The molecule has 0 spiro atoms. The molecule has 1 aromatic carbocycles. The van der Waals surface area contributed by atoms with Crippen LogP contribution in [0.4, 0.5) is 5.69 Å². The molecule has 2 aromatic rings. The van der Waals surface area contributed by atoms with Gasteiger partial charge in [-0.15, -0.1) is 11.3 Å². The summed E-state index contributed by atoms with van der Waals surface area (Å²) in [7, 11) is 1.77. The van der Waals surface area contributed by atoms with Crippen LogP contribution in [0.2, 0.25) is 5.02 Å². The van der Waals surface area contributed by atoms with E-state index >= 15 is 0 Å². The van der Waals surface area contributed by atoms with Crippen LogP contribution in [0.15, 0.2) is 35.7 Å². The minimum Gasteiger partial charge on any atom is -0.341 e. The fraction of sp³-hybridized carbons (Fsp3) is 0.214. The molecule has 0 saturated carbocycles. The number of carbonyl (C=O) groups excluding carboxylic acids is 1. The Hall–Kier alpha value is -1.56. The molecule has 0 aliphatic heterocycles. The molecule has 6 heteroatoms. The second-order valence-electron chi connectivity index (χ2n) is 4.39. The number of carbonyl (C=O) groups is 1. The fourth-order valence-electron chi connectivity index (χ4n) is 1.86. The van der Waals surface area contributed by atoms with Gasteiger partial charge >= 0.3 is 0 Å². The highest BCUT2D eigenvalue weighted by molar-refractivity contribution is 7.09. The molecule has 0 radical (unpaired) electrons. The highest BCUT2D eigenvalue weighted by Gasteiger charge is 2.16. The van der Waals surface area contributed by atoms with E-state index in [0.717, 1.165) is 6.42 Å². The van der Waals surface area contributed by atoms with E-state index in [9.17, 15) is 4.79 Å². The van der Waals surface area contributed by atoms with Crippen molar-refractivity contribution < 1.29 is 4.79 Å². The highest BCUT2D eigenvalue weighted by atomic mass is 35.5. The van der Waals surface area contributed by atoms with Gasteiger partial charge in [0.05, 0.1) is 11.3 Å². The monoisotopic (exact) mass is 309 g/mol. The maximum absolute atomic E-state index is 12.4. The Bertz CT molecular complexity index is 586. The average molecular weight is 310 g/mol. The first kappa shape index (κ1) is 14.8. The third-order valence-electron chi connectivity index (χ3n) is 2.99. The van der Waals surface area contributed by atoms with Crippen molar-refractivity contribution in [1.29, 1.82) is 0 Å². The van der Waals surface area contributed by atoms with Crippen molar-refractivity contribution in [1.82, 2.24) is 4.90 Å². The summed E-state index contributed by atoms with van der Waals surface area (Å²) in [5.41, 5.74) is 3.58. The summed E-state index contributed by atoms with van der Waals surface area (Å²) < 4.78 is 0. The van der Waals surface area contributed by atoms with Crippen molar-refractivity contribution >= 4 is 34.5 Å². The SMILES string of the molecule is CN(CCc1cccs1)C(=O)c1cc(Cl)ccc1NN. The maximum atomic E-state index is 12.4. The van der Waals surface area contributed by atoms with Crippen LogP contribution < -0.4 is 11.3 Å². The lowest BCUT2D eigenvalue weighted by Crippen LogP contribution is -2.29. The Labute approximate surface area is 127 Å². The summed E-state index contributed by atoms with van der Waals surface area (Å²) in [5, 5.41) is 2.55. The van der Waals surface area contributed by atoms with E-state index in [4.69, 9.17) is 17.4 Å². The molecule has 0 aliphatic rings. The number of nitrogens with one attached hydrogen (secondary N) is 1. The molecule has 0 fully saturated rings. The van der Waals surface area contributed by atoms with Crippen molar-refractivity contribution in [2.45, 2.75) is 6.42 Å². The molecule has 0 bridgehead atoms. The van der Waals surface area contributed by atoms with Gasteiger partial charge < -0.3 is 10.3 Å². The fourth-order valence-corrected chi connectivity index (χ4v) is 2.73. The van der Waals surface area contributed by atoms with Gasteiger partial charge in [-0.1, -0.05) is 17.7 Å². The summed E-state index contributed by atoms with van der Waals surface area (Å²) in [6.07, 6.45) is 0.839. The number of likely N-dealkylation sites (N-methyl/N-ethyl adjacent to an activating group) is 1. The van der Waals surface area contributed by atoms with Crippen molar-refractivity contribution in [3.63, 3.8) is 0 Å². The van der Waals surface area contributed by atoms with Gasteiger partial charge in [-0.2, -0.15) is 0 Å². The van der Waals surface area contributed by atoms with Crippen molar-refractivity contribution in [3.05, 3.63) is 51.2 Å². The first-order valence-corrected chi connectivity index (χ1v) is 7.41. The highest BCUT2D eigenvalue weighted by Crippen LogP contribution is 2.21. The molecule has 3 N–H and O–H groups in total. The number of hydrogen-bond donors (Lipinski definition) is 2. The third-order valence-corrected chi connectivity index (χ3v) is 4.16. The first-order chi connectivity index (χ1) is 9.61. The molecule has 1 heterocycles. The molecular formula is C14H16ClN3OS. The quantitative estimate of drug-likeness (QED) is 0.659. The lowest BCUT2D eigenvalue weighted by atomic mass is 10.1. The molecule has 20 heavy (non-hydrogen) atoms. The molecule has 1 aromatic heterocycles. The van der Waals surface area contributed by atoms with Crippen molar-refractivity contribution in [3.8, 4) is 0 Å². The van der Waals surface area contributed by atoms with Crippen molar-refractivity contribution in [2.24, 2.45) is 5.84 Å². The lowest BCUT2D eigenvalue weighted by molar-refractivity contribution is 0.0798. The van der Waals surface area contributed by atoms with Crippen molar-refractivity contribution in [2.75, 3.05) is 19.0 Å². The standard InChI is InChI=1S/C14H16ClN3OS/c1-18(7-6-11-3-2-8-20-11)14(19)12-9-10(15)4-5-13(12)17-16/h2-5,8-9,17H,6-7,16H2,1H3.